The first-order valence-corrected chi connectivity index (χ1v) is 15.4. The fourth-order valence-corrected chi connectivity index (χ4v) is 8.36. The Bertz CT molecular complexity index is 1430. The highest BCUT2D eigenvalue weighted by atomic mass is 32.2. The van der Waals surface area contributed by atoms with Crippen LogP contribution in [0.25, 0.3) is 11.0 Å². The van der Waals surface area contributed by atoms with Crippen molar-refractivity contribution in [3.05, 3.63) is 34.2 Å². The van der Waals surface area contributed by atoms with E-state index in [0.717, 1.165) is 30.3 Å². The minimum absolute atomic E-state index is 0.137. The molecule has 1 aromatic carbocycles. The van der Waals surface area contributed by atoms with Gasteiger partial charge in [0.25, 0.3) is 0 Å². The summed E-state index contributed by atoms with van der Waals surface area (Å²) in [4.78, 5) is 18.9. The zero-order chi connectivity index (χ0) is 26.0. The van der Waals surface area contributed by atoms with Gasteiger partial charge in [-0.1, -0.05) is 32.5 Å². The molecule has 192 valence electrons. The number of carbonyl (C=O) groups is 1. The predicted molar refractivity (Wildman–Crippen MR) is 145 cm³/mol. The molecule has 0 spiro atoms. The lowest BCUT2D eigenvalue weighted by atomic mass is 9.89. The standard InChI is InChI=1S/C25H31N5O3S3/c1-5-29(6-2)36(32,33)17-9-11-21-20(13-17)27-25(30(21)7-3)34-15-23(31)28-24-19(14-26)18-10-8-16(4)12-22(18)35-24/h9,11,13,16H,5-8,10,12,15H2,1-4H3,(H,28,31)/t16-/m0/s1. The van der Waals surface area contributed by atoms with Crippen LogP contribution in [0.4, 0.5) is 5.00 Å². The van der Waals surface area contributed by atoms with Crippen LogP contribution in [0.2, 0.25) is 0 Å². The molecule has 1 atom stereocenters. The second-order valence-corrected chi connectivity index (χ2v) is 12.9. The number of nitrogens with one attached hydrogen (secondary N) is 1. The third-order valence-electron chi connectivity index (χ3n) is 6.55. The minimum Gasteiger partial charge on any atom is -0.319 e. The monoisotopic (exact) mass is 545 g/mol. The largest absolute Gasteiger partial charge is 0.319 e. The molecule has 3 aromatic rings. The molecule has 1 amide bonds. The maximum absolute atomic E-state index is 12.9. The van der Waals surface area contributed by atoms with Crippen LogP contribution in [-0.2, 0) is 34.2 Å². The number of carbonyl (C=O) groups excluding carboxylic acids is 1. The van der Waals surface area contributed by atoms with Gasteiger partial charge in [0.05, 0.1) is 27.2 Å². The highest BCUT2D eigenvalue weighted by Gasteiger charge is 2.25. The molecular weight excluding hydrogens is 515 g/mol. The van der Waals surface area contributed by atoms with Crippen LogP contribution in [0.3, 0.4) is 0 Å². The number of thioether (sulfide) groups is 1. The number of nitriles is 1. The van der Waals surface area contributed by atoms with Crippen molar-refractivity contribution in [1.82, 2.24) is 13.9 Å². The number of hydrogen-bond donors (Lipinski definition) is 1. The number of thiophene rings is 1. The molecule has 4 rings (SSSR count). The van der Waals surface area contributed by atoms with E-state index in [-0.39, 0.29) is 16.6 Å². The van der Waals surface area contributed by atoms with E-state index in [9.17, 15) is 18.5 Å². The Hall–Kier alpha value is -2.39. The van der Waals surface area contributed by atoms with Gasteiger partial charge in [0.15, 0.2) is 5.16 Å². The number of aromatic nitrogens is 2. The smallest absolute Gasteiger partial charge is 0.243 e. The van der Waals surface area contributed by atoms with Crippen molar-refractivity contribution in [2.45, 2.75) is 63.6 Å². The van der Waals surface area contributed by atoms with Gasteiger partial charge in [-0.15, -0.1) is 11.3 Å². The summed E-state index contributed by atoms with van der Waals surface area (Å²) in [5.74, 6) is 0.534. The zero-order valence-corrected chi connectivity index (χ0v) is 23.4. The average molecular weight is 546 g/mol. The normalized spacial score (nSPS) is 15.7. The van der Waals surface area contributed by atoms with Crippen LogP contribution < -0.4 is 5.32 Å². The summed E-state index contributed by atoms with van der Waals surface area (Å²) in [5, 5.41) is 13.9. The van der Waals surface area contributed by atoms with Gasteiger partial charge in [-0.2, -0.15) is 9.57 Å². The van der Waals surface area contributed by atoms with E-state index < -0.39 is 10.0 Å². The van der Waals surface area contributed by atoms with Crippen LogP contribution in [0.5, 0.6) is 0 Å². The van der Waals surface area contributed by atoms with Gasteiger partial charge in [0.2, 0.25) is 15.9 Å². The van der Waals surface area contributed by atoms with E-state index >= 15 is 0 Å². The second kappa shape index (κ2) is 10.9. The number of imidazole rings is 1. The number of fused-ring (bicyclic) bond motifs is 2. The first-order valence-electron chi connectivity index (χ1n) is 12.2. The summed E-state index contributed by atoms with van der Waals surface area (Å²) in [6.07, 6.45) is 2.89. The topological polar surface area (TPSA) is 108 Å². The summed E-state index contributed by atoms with van der Waals surface area (Å²) < 4.78 is 29.3. The maximum atomic E-state index is 12.9. The van der Waals surface area contributed by atoms with E-state index in [4.69, 9.17) is 0 Å². The summed E-state index contributed by atoms with van der Waals surface area (Å²) in [6.45, 7) is 9.27. The van der Waals surface area contributed by atoms with Crippen molar-refractivity contribution < 1.29 is 13.2 Å². The molecular formula is C25H31N5O3S3. The molecule has 0 bridgehead atoms. The fraction of sp³-hybridized carbons (Fsp3) is 0.480. The molecule has 1 aliphatic carbocycles. The molecule has 0 aliphatic heterocycles. The van der Waals surface area contributed by atoms with Crippen molar-refractivity contribution in [2.24, 2.45) is 5.92 Å². The van der Waals surface area contributed by atoms with Crippen LogP contribution >= 0.6 is 23.1 Å². The summed E-state index contributed by atoms with van der Waals surface area (Å²) in [6, 6.07) is 7.29. The number of nitrogens with zero attached hydrogens (tertiary/aromatic N) is 4. The third kappa shape index (κ3) is 5.05. The Morgan fingerprint density at radius 2 is 2.08 bits per heavy atom. The van der Waals surface area contributed by atoms with Gasteiger partial charge in [-0.25, -0.2) is 13.4 Å². The fourth-order valence-electron chi connectivity index (χ4n) is 4.63. The molecule has 11 heteroatoms. The first kappa shape index (κ1) is 26.7. The number of hydrogen-bond acceptors (Lipinski definition) is 7. The Morgan fingerprint density at radius 1 is 1.33 bits per heavy atom. The number of aryl methyl sites for hydroxylation is 1. The average Bonchev–Trinajstić information content (AvgIpc) is 3.38. The molecule has 0 fully saturated rings. The number of rotatable bonds is 9. The van der Waals surface area contributed by atoms with Crippen LogP contribution in [0, 0.1) is 17.2 Å². The van der Waals surface area contributed by atoms with E-state index in [1.165, 1.54) is 32.3 Å². The molecule has 0 saturated carbocycles. The van der Waals surface area contributed by atoms with Gasteiger partial charge < -0.3 is 9.88 Å². The van der Waals surface area contributed by atoms with Gasteiger partial charge in [-0.05, 0) is 55.9 Å². The second-order valence-electron chi connectivity index (χ2n) is 8.88. The number of benzene rings is 1. The molecule has 2 aromatic heterocycles. The van der Waals surface area contributed by atoms with E-state index in [1.54, 1.807) is 18.2 Å². The lowest BCUT2D eigenvalue weighted by Gasteiger charge is -2.18. The number of anilines is 1. The molecule has 2 heterocycles. The Balaban J connectivity index is 1.53. The minimum atomic E-state index is -3.59. The lowest BCUT2D eigenvalue weighted by molar-refractivity contribution is -0.113. The predicted octanol–water partition coefficient (Wildman–Crippen LogP) is 4.88. The van der Waals surface area contributed by atoms with Crippen LogP contribution in [0.1, 0.15) is 50.1 Å². The Morgan fingerprint density at radius 3 is 2.75 bits per heavy atom. The van der Waals surface area contributed by atoms with E-state index in [1.807, 2.05) is 25.3 Å². The molecule has 0 saturated heterocycles. The van der Waals surface area contributed by atoms with Gasteiger partial charge >= 0.3 is 0 Å². The van der Waals surface area contributed by atoms with Crippen LogP contribution in [-0.4, -0.2) is 47.0 Å². The molecule has 0 radical (unpaired) electrons. The van der Waals surface area contributed by atoms with Crippen molar-refractivity contribution in [3.8, 4) is 6.07 Å². The highest BCUT2D eigenvalue weighted by Crippen LogP contribution is 2.39. The zero-order valence-electron chi connectivity index (χ0n) is 21.0. The molecule has 1 aliphatic rings. The van der Waals surface area contributed by atoms with E-state index in [0.29, 0.717) is 46.8 Å². The van der Waals surface area contributed by atoms with Crippen LogP contribution in [0.15, 0.2) is 28.3 Å². The summed E-state index contributed by atoms with van der Waals surface area (Å²) >= 11 is 2.82. The quantitative estimate of drug-likeness (QED) is 0.384. The molecule has 36 heavy (non-hydrogen) atoms. The van der Waals surface area contributed by atoms with Gasteiger partial charge in [-0.3, -0.25) is 4.79 Å². The van der Waals surface area contributed by atoms with Crippen molar-refractivity contribution in [3.63, 3.8) is 0 Å². The van der Waals surface area contributed by atoms with Crippen molar-refractivity contribution in [1.29, 1.82) is 5.26 Å². The lowest BCUT2D eigenvalue weighted by Crippen LogP contribution is -2.30. The summed E-state index contributed by atoms with van der Waals surface area (Å²) in [5.41, 5.74) is 3.10. The molecule has 8 nitrogen and oxygen atoms in total. The summed E-state index contributed by atoms with van der Waals surface area (Å²) in [7, 11) is -3.59. The van der Waals surface area contributed by atoms with Gasteiger partial charge in [0.1, 0.15) is 11.1 Å². The third-order valence-corrected chi connectivity index (χ3v) is 10.7. The SMILES string of the molecule is CCN(CC)S(=O)(=O)c1ccc2c(c1)nc(SCC(=O)Nc1sc3c(c1C#N)CC[C@H](C)C3)n2CC. The Kier molecular flexibility index (Phi) is 8.09. The van der Waals surface area contributed by atoms with Crippen molar-refractivity contribution >= 4 is 55.1 Å². The number of sulfonamides is 1. The molecule has 0 unspecified atom stereocenters. The van der Waals surface area contributed by atoms with Crippen molar-refractivity contribution in [2.75, 3.05) is 24.2 Å². The number of amides is 1. The van der Waals surface area contributed by atoms with E-state index in [2.05, 4.69) is 23.3 Å². The van der Waals surface area contributed by atoms with Gasteiger partial charge in [0, 0.05) is 24.5 Å². The first-order chi connectivity index (χ1) is 17.2. The highest BCUT2D eigenvalue weighted by molar-refractivity contribution is 7.99. The maximum Gasteiger partial charge on any atom is 0.243 e. The molecule has 1 N–H and O–H groups in total. The Labute approximate surface area is 220 Å².